The first kappa shape index (κ1) is 13.4. The molecule has 0 fully saturated rings. The molecule has 1 rings (SSSR count). The largest absolute Gasteiger partial charge is 0.490 e. The summed E-state index contributed by atoms with van der Waals surface area (Å²) in [5, 5.41) is 10.8. The van der Waals surface area contributed by atoms with Crippen LogP contribution >= 0.6 is 0 Å². The number of nitro benzene ring substituents is 1. The molecule has 1 aromatic carbocycles. The molecule has 0 aliphatic carbocycles. The number of ether oxygens (including phenoxy) is 2. The minimum absolute atomic E-state index is 0.0714. The van der Waals surface area contributed by atoms with Crippen LogP contribution in [0.5, 0.6) is 5.75 Å². The number of nitrogens with zero attached hydrogens (tertiary/aromatic N) is 1. The van der Waals surface area contributed by atoms with Gasteiger partial charge in [0.2, 0.25) is 0 Å². The van der Waals surface area contributed by atoms with Crippen LogP contribution in [0.3, 0.4) is 0 Å². The van der Waals surface area contributed by atoms with Crippen LogP contribution in [-0.4, -0.2) is 25.7 Å². The van der Waals surface area contributed by atoms with Crippen molar-refractivity contribution in [3.8, 4) is 5.75 Å². The highest BCUT2D eigenvalue weighted by Gasteiger charge is 2.17. The number of benzene rings is 1. The van der Waals surface area contributed by atoms with Gasteiger partial charge in [0.25, 0.3) is 0 Å². The number of hydrogen-bond donors (Lipinski definition) is 1. The first-order valence-corrected chi connectivity index (χ1v) is 5.17. The lowest BCUT2D eigenvalue weighted by Gasteiger charge is -2.12. The van der Waals surface area contributed by atoms with Gasteiger partial charge in [-0.15, -0.1) is 0 Å². The van der Waals surface area contributed by atoms with Crippen LogP contribution in [0, 0.1) is 10.1 Å². The van der Waals surface area contributed by atoms with Gasteiger partial charge in [-0.25, -0.2) is 0 Å². The topological polar surface area (TPSA) is 87.6 Å². The lowest BCUT2D eigenvalue weighted by molar-refractivity contribution is -0.385. The third-order valence-electron chi connectivity index (χ3n) is 2.46. The number of nitrogens with two attached hydrogens (primary N) is 1. The zero-order valence-electron chi connectivity index (χ0n) is 9.88. The molecule has 6 nitrogen and oxygen atoms in total. The molecule has 1 unspecified atom stereocenters. The number of methoxy groups -OCH3 is 2. The maximum atomic E-state index is 10.8. The average Bonchev–Trinajstić information content (AvgIpc) is 2.34. The van der Waals surface area contributed by atoms with Gasteiger partial charge in [0.05, 0.1) is 12.0 Å². The molecule has 0 heterocycles. The Labute approximate surface area is 99.5 Å². The second kappa shape index (κ2) is 6.17. The molecule has 6 heteroatoms. The number of rotatable bonds is 6. The maximum Gasteiger partial charge on any atom is 0.311 e. The zero-order chi connectivity index (χ0) is 12.8. The molecular formula is C11H16N2O4. The van der Waals surface area contributed by atoms with E-state index in [2.05, 4.69) is 0 Å². The Morgan fingerprint density at radius 1 is 1.47 bits per heavy atom. The fraction of sp³-hybridized carbons (Fsp3) is 0.455. The Balaban J connectivity index is 2.95. The summed E-state index contributed by atoms with van der Waals surface area (Å²) in [4.78, 5) is 10.3. The predicted molar refractivity (Wildman–Crippen MR) is 63.1 cm³/mol. The highest BCUT2D eigenvalue weighted by molar-refractivity contribution is 5.49. The maximum absolute atomic E-state index is 10.8. The van der Waals surface area contributed by atoms with Crippen LogP contribution < -0.4 is 10.5 Å². The van der Waals surface area contributed by atoms with E-state index in [1.165, 1.54) is 13.2 Å². The average molecular weight is 240 g/mol. The number of nitro groups is 1. The van der Waals surface area contributed by atoms with E-state index in [9.17, 15) is 10.1 Å². The van der Waals surface area contributed by atoms with Crippen molar-refractivity contribution in [3.05, 3.63) is 33.9 Å². The summed E-state index contributed by atoms with van der Waals surface area (Å²) < 4.78 is 9.83. The van der Waals surface area contributed by atoms with Crippen molar-refractivity contribution in [2.75, 3.05) is 20.8 Å². The van der Waals surface area contributed by atoms with Gasteiger partial charge in [0.15, 0.2) is 5.75 Å². The van der Waals surface area contributed by atoms with Gasteiger partial charge < -0.3 is 15.2 Å². The second-order valence-electron chi connectivity index (χ2n) is 3.58. The van der Waals surface area contributed by atoms with Crippen molar-refractivity contribution in [1.29, 1.82) is 0 Å². The van der Waals surface area contributed by atoms with Gasteiger partial charge in [0, 0.05) is 25.8 Å². The van der Waals surface area contributed by atoms with E-state index in [1.807, 2.05) is 0 Å². The van der Waals surface area contributed by atoms with E-state index in [0.717, 1.165) is 0 Å². The molecule has 0 spiro atoms. The van der Waals surface area contributed by atoms with E-state index in [4.69, 9.17) is 15.2 Å². The highest BCUT2D eigenvalue weighted by Crippen LogP contribution is 2.29. The standard InChI is InChI=1S/C11H16N2O4/c1-16-6-5-9(12)8-3-4-11(17-2)10(7-8)13(14)15/h3-4,7,9H,5-6,12H2,1-2H3. The fourth-order valence-electron chi connectivity index (χ4n) is 1.49. The molecule has 0 radical (unpaired) electrons. The molecule has 0 saturated heterocycles. The van der Waals surface area contributed by atoms with Crippen molar-refractivity contribution in [2.45, 2.75) is 12.5 Å². The second-order valence-corrected chi connectivity index (χ2v) is 3.58. The lowest BCUT2D eigenvalue weighted by Crippen LogP contribution is -2.13. The number of hydrogen-bond acceptors (Lipinski definition) is 5. The molecule has 2 N–H and O–H groups in total. The molecule has 0 bridgehead atoms. The molecule has 0 aliphatic heterocycles. The molecule has 0 amide bonds. The van der Waals surface area contributed by atoms with E-state index in [1.54, 1.807) is 19.2 Å². The van der Waals surface area contributed by atoms with Crippen molar-refractivity contribution >= 4 is 5.69 Å². The SMILES string of the molecule is COCCC(N)c1ccc(OC)c([N+](=O)[O-])c1. The normalized spacial score (nSPS) is 12.2. The third kappa shape index (κ3) is 3.40. The summed E-state index contributed by atoms with van der Waals surface area (Å²) in [5.74, 6) is 0.234. The van der Waals surface area contributed by atoms with Gasteiger partial charge in [-0.1, -0.05) is 6.07 Å². The summed E-state index contributed by atoms with van der Waals surface area (Å²) >= 11 is 0. The minimum atomic E-state index is -0.481. The van der Waals surface area contributed by atoms with Crippen LogP contribution in [0.15, 0.2) is 18.2 Å². The predicted octanol–water partition coefficient (Wildman–Crippen LogP) is 1.64. The summed E-state index contributed by atoms with van der Waals surface area (Å²) in [6, 6.07) is 4.45. The van der Waals surface area contributed by atoms with Crippen LogP contribution in [0.25, 0.3) is 0 Å². The molecule has 0 aromatic heterocycles. The minimum Gasteiger partial charge on any atom is -0.490 e. The Bertz CT molecular complexity index is 395. The van der Waals surface area contributed by atoms with Gasteiger partial charge >= 0.3 is 5.69 Å². The quantitative estimate of drug-likeness (QED) is 0.603. The fourth-order valence-corrected chi connectivity index (χ4v) is 1.49. The first-order chi connectivity index (χ1) is 8.10. The Kier molecular flexibility index (Phi) is 4.86. The molecule has 17 heavy (non-hydrogen) atoms. The van der Waals surface area contributed by atoms with Gasteiger partial charge in [-0.3, -0.25) is 10.1 Å². The monoisotopic (exact) mass is 240 g/mol. The Hall–Kier alpha value is -1.66. The third-order valence-corrected chi connectivity index (χ3v) is 2.46. The van der Waals surface area contributed by atoms with E-state index < -0.39 is 4.92 Å². The van der Waals surface area contributed by atoms with E-state index in [-0.39, 0.29) is 17.5 Å². The molecule has 94 valence electrons. The van der Waals surface area contributed by atoms with Crippen LogP contribution in [0.2, 0.25) is 0 Å². The molecule has 0 saturated carbocycles. The van der Waals surface area contributed by atoms with Crippen LogP contribution in [-0.2, 0) is 4.74 Å². The summed E-state index contributed by atoms with van der Waals surface area (Å²) in [6.45, 7) is 0.515. The first-order valence-electron chi connectivity index (χ1n) is 5.17. The Morgan fingerprint density at radius 3 is 2.71 bits per heavy atom. The lowest BCUT2D eigenvalue weighted by atomic mass is 10.0. The molecule has 1 aromatic rings. The van der Waals surface area contributed by atoms with Crippen molar-refractivity contribution in [3.63, 3.8) is 0 Å². The van der Waals surface area contributed by atoms with Crippen LogP contribution in [0.1, 0.15) is 18.0 Å². The smallest absolute Gasteiger partial charge is 0.311 e. The summed E-state index contributed by atoms with van der Waals surface area (Å²) in [6.07, 6.45) is 0.611. The van der Waals surface area contributed by atoms with Crippen molar-refractivity contribution in [1.82, 2.24) is 0 Å². The molecule has 1 atom stereocenters. The van der Waals surface area contributed by atoms with Crippen molar-refractivity contribution in [2.24, 2.45) is 5.73 Å². The highest BCUT2D eigenvalue weighted by atomic mass is 16.6. The Morgan fingerprint density at radius 2 is 2.18 bits per heavy atom. The van der Waals surface area contributed by atoms with E-state index in [0.29, 0.717) is 18.6 Å². The summed E-state index contributed by atoms with van der Waals surface area (Å²) in [7, 11) is 2.98. The van der Waals surface area contributed by atoms with E-state index >= 15 is 0 Å². The molecular weight excluding hydrogens is 224 g/mol. The van der Waals surface area contributed by atoms with Crippen LogP contribution in [0.4, 0.5) is 5.69 Å². The molecule has 0 aliphatic rings. The zero-order valence-corrected chi connectivity index (χ0v) is 9.88. The van der Waals surface area contributed by atoms with Crippen molar-refractivity contribution < 1.29 is 14.4 Å². The van der Waals surface area contributed by atoms with Gasteiger partial charge in [-0.05, 0) is 18.1 Å². The van der Waals surface area contributed by atoms with Gasteiger partial charge in [-0.2, -0.15) is 0 Å². The summed E-state index contributed by atoms with van der Waals surface area (Å²) in [5.41, 5.74) is 6.53. The van der Waals surface area contributed by atoms with Gasteiger partial charge in [0.1, 0.15) is 0 Å².